The Morgan fingerprint density at radius 1 is 1.44 bits per heavy atom. The van der Waals surface area contributed by atoms with E-state index >= 15 is 0 Å². The average Bonchev–Trinajstić information content (AvgIpc) is 2.35. The lowest BCUT2D eigenvalue weighted by molar-refractivity contribution is 0.459. The largest absolute Gasteiger partial charge is 0.314 e. The molecular formula is C14H22N2. The topological polar surface area (TPSA) is 24.1 Å². The van der Waals surface area contributed by atoms with Crippen molar-refractivity contribution in [2.75, 3.05) is 13.1 Å². The molecule has 0 amide bonds. The molecular weight excluding hydrogens is 196 g/mol. The van der Waals surface area contributed by atoms with Crippen LogP contribution in [0.5, 0.6) is 0 Å². The van der Waals surface area contributed by atoms with Gasteiger partial charge in [-0.05, 0) is 24.5 Å². The molecule has 0 spiro atoms. The molecule has 2 heteroatoms. The Hall–Kier alpha value is -0.860. The van der Waals surface area contributed by atoms with Gasteiger partial charge in [0, 0.05) is 31.6 Å². The zero-order valence-electron chi connectivity index (χ0n) is 10.3. The normalized spacial score (nSPS) is 21.5. The molecule has 2 unspecified atom stereocenters. The zero-order valence-corrected chi connectivity index (χ0v) is 10.3. The minimum atomic E-state index is 0.620. The average molecular weight is 218 g/mol. The monoisotopic (exact) mass is 218 g/mol. The smallest absolute Gasteiger partial charge is 0.0208 e. The molecule has 1 aromatic rings. The number of fused-ring (bicyclic) bond motifs is 1. The van der Waals surface area contributed by atoms with Gasteiger partial charge in [0.15, 0.2) is 0 Å². The molecule has 1 aliphatic rings. The molecule has 0 saturated carbocycles. The van der Waals surface area contributed by atoms with Crippen LogP contribution in [0.4, 0.5) is 0 Å². The van der Waals surface area contributed by atoms with E-state index in [9.17, 15) is 0 Å². The number of nitrogens with one attached hydrogen (secondary N) is 2. The molecule has 1 aliphatic heterocycles. The summed E-state index contributed by atoms with van der Waals surface area (Å²) in [6.45, 7) is 7.68. The molecule has 0 aromatic heterocycles. The summed E-state index contributed by atoms with van der Waals surface area (Å²) in [4.78, 5) is 0. The highest BCUT2D eigenvalue weighted by atomic mass is 14.9. The fourth-order valence-electron chi connectivity index (χ4n) is 2.25. The molecule has 2 nitrogen and oxygen atoms in total. The lowest BCUT2D eigenvalue weighted by Crippen LogP contribution is -2.37. The highest BCUT2D eigenvalue weighted by Gasteiger charge is 2.19. The summed E-state index contributed by atoms with van der Waals surface area (Å²) in [7, 11) is 0. The summed E-state index contributed by atoms with van der Waals surface area (Å²) in [5.74, 6) is 0.624. The lowest BCUT2D eigenvalue weighted by Gasteiger charge is -2.27. The highest BCUT2D eigenvalue weighted by Crippen LogP contribution is 2.23. The first-order valence-electron chi connectivity index (χ1n) is 6.33. The Kier molecular flexibility index (Phi) is 3.97. The van der Waals surface area contributed by atoms with Gasteiger partial charge in [-0.15, -0.1) is 0 Å². The van der Waals surface area contributed by atoms with Crippen molar-refractivity contribution in [1.82, 2.24) is 10.6 Å². The lowest BCUT2D eigenvalue weighted by atomic mass is 9.90. The maximum Gasteiger partial charge on any atom is 0.0208 e. The van der Waals surface area contributed by atoms with Crippen LogP contribution in [0.2, 0.25) is 0 Å². The van der Waals surface area contributed by atoms with Crippen molar-refractivity contribution in [3.05, 3.63) is 35.4 Å². The van der Waals surface area contributed by atoms with Crippen LogP contribution >= 0.6 is 0 Å². The summed E-state index contributed by atoms with van der Waals surface area (Å²) in [6.07, 6.45) is 1.20. The van der Waals surface area contributed by atoms with Crippen LogP contribution in [0.3, 0.4) is 0 Å². The Morgan fingerprint density at radius 3 is 3.06 bits per heavy atom. The van der Waals surface area contributed by atoms with E-state index in [1.165, 1.54) is 17.5 Å². The maximum absolute atomic E-state index is 3.60. The Morgan fingerprint density at radius 2 is 2.25 bits per heavy atom. The number of rotatable bonds is 4. The van der Waals surface area contributed by atoms with Crippen molar-refractivity contribution in [3.63, 3.8) is 0 Å². The Bertz CT molecular complexity index is 335. The molecule has 1 heterocycles. The molecule has 0 bridgehead atoms. The van der Waals surface area contributed by atoms with Crippen LogP contribution in [0, 0.1) is 0 Å². The predicted octanol–water partition coefficient (Wildman–Crippen LogP) is 2.26. The Balaban J connectivity index is 2.01. The van der Waals surface area contributed by atoms with Crippen LogP contribution in [-0.2, 0) is 6.54 Å². The Labute approximate surface area is 98.4 Å². The maximum atomic E-state index is 3.60. The first-order valence-corrected chi connectivity index (χ1v) is 6.33. The van der Waals surface area contributed by atoms with E-state index in [-0.39, 0.29) is 0 Å². The van der Waals surface area contributed by atoms with Gasteiger partial charge in [-0.2, -0.15) is 0 Å². The van der Waals surface area contributed by atoms with E-state index in [1.54, 1.807) is 0 Å². The summed E-state index contributed by atoms with van der Waals surface area (Å²) in [6, 6.07) is 9.41. The van der Waals surface area contributed by atoms with Crippen molar-refractivity contribution in [1.29, 1.82) is 0 Å². The van der Waals surface area contributed by atoms with Gasteiger partial charge >= 0.3 is 0 Å². The summed E-state index contributed by atoms with van der Waals surface area (Å²) in [5, 5.41) is 7.10. The van der Waals surface area contributed by atoms with Crippen molar-refractivity contribution >= 4 is 0 Å². The van der Waals surface area contributed by atoms with Gasteiger partial charge < -0.3 is 10.6 Å². The van der Waals surface area contributed by atoms with Crippen LogP contribution in [0.25, 0.3) is 0 Å². The van der Waals surface area contributed by atoms with Gasteiger partial charge in [0.25, 0.3) is 0 Å². The second-order valence-corrected chi connectivity index (χ2v) is 4.74. The minimum Gasteiger partial charge on any atom is -0.314 e. The summed E-state index contributed by atoms with van der Waals surface area (Å²) >= 11 is 0. The van der Waals surface area contributed by atoms with Crippen molar-refractivity contribution in [2.45, 2.75) is 38.8 Å². The van der Waals surface area contributed by atoms with Gasteiger partial charge in [-0.25, -0.2) is 0 Å². The van der Waals surface area contributed by atoms with Crippen LogP contribution < -0.4 is 10.6 Å². The highest BCUT2D eigenvalue weighted by molar-refractivity contribution is 5.32. The minimum absolute atomic E-state index is 0.620. The molecule has 16 heavy (non-hydrogen) atoms. The molecule has 2 atom stereocenters. The first kappa shape index (κ1) is 11.6. The standard InChI is InChI=1S/C14H22N2/c1-3-11(2)16-10-13-9-15-8-12-6-4-5-7-14(12)13/h4-7,11,13,15-16H,3,8-10H2,1-2H3. The second kappa shape index (κ2) is 5.46. The summed E-state index contributed by atoms with van der Waals surface area (Å²) in [5.41, 5.74) is 2.99. The first-order chi connectivity index (χ1) is 7.81. The molecule has 1 aromatic carbocycles. The van der Waals surface area contributed by atoms with Gasteiger partial charge in [0.05, 0.1) is 0 Å². The zero-order chi connectivity index (χ0) is 11.4. The van der Waals surface area contributed by atoms with Crippen LogP contribution in [0.15, 0.2) is 24.3 Å². The van der Waals surface area contributed by atoms with Crippen LogP contribution in [0.1, 0.15) is 37.3 Å². The molecule has 88 valence electrons. The molecule has 0 fully saturated rings. The van der Waals surface area contributed by atoms with E-state index in [2.05, 4.69) is 48.7 Å². The van der Waals surface area contributed by atoms with E-state index in [4.69, 9.17) is 0 Å². The molecule has 0 aliphatic carbocycles. The van der Waals surface area contributed by atoms with Crippen molar-refractivity contribution in [2.24, 2.45) is 0 Å². The summed E-state index contributed by atoms with van der Waals surface area (Å²) < 4.78 is 0. The fourth-order valence-corrected chi connectivity index (χ4v) is 2.25. The quantitative estimate of drug-likeness (QED) is 0.810. The SMILES string of the molecule is CCC(C)NCC1CNCc2ccccc21. The van der Waals surface area contributed by atoms with E-state index < -0.39 is 0 Å². The van der Waals surface area contributed by atoms with E-state index in [0.717, 1.165) is 19.6 Å². The third kappa shape index (κ3) is 2.63. The van der Waals surface area contributed by atoms with E-state index in [0.29, 0.717) is 12.0 Å². The van der Waals surface area contributed by atoms with Gasteiger partial charge in [-0.1, -0.05) is 31.2 Å². The van der Waals surface area contributed by atoms with E-state index in [1.807, 2.05) is 0 Å². The molecule has 2 rings (SSSR count). The molecule has 0 saturated heterocycles. The van der Waals surface area contributed by atoms with Crippen molar-refractivity contribution < 1.29 is 0 Å². The van der Waals surface area contributed by atoms with Crippen LogP contribution in [-0.4, -0.2) is 19.1 Å². The number of hydrogen-bond acceptors (Lipinski definition) is 2. The predicted molar refractivity (Wildman–Crippen MR) is 68.6 cm³/mol. The molecule has 0 radical (unpaired) electrons. The van der Waals surface area contributed by atoms with Gasteiger partial charge in [0.2, 0.25) is 0 Å². The number of benzene rings is 1. The fraction of sp³-hybridized carbons (Fsp3) is 0.571. The third-order valence-electron chi connectivity index (χ3n) is 3.53. The van der Waals surface area contributed by atoms with Crippen molar-refractivity contribution in [3.8, 4) is 0 Å². The third-order valence-corrected chi connectivity index (χ3v) is 3.53. The van der Waals surface area contributed by atoms with Gasteiger partial charge in [0.1, 0.15) is 0 Å². The number of hydrogen-bond donors (Lipinski definition) is 2. The second-order valence-electron chi connectivity index (χ2n) is 4.74. The van der Waals surface area contributed by atoms with Gasteiger partial charge in [-0.3, -0.25) is 0 Å². The molecule has 2 N–H and O–H groups in total.